The SMILES string of the molecule is COc1ccc(-n2c(-c3cccnc3)cc(OCc3ccccc3)c2C(=O)O)cc1. The molecule has 0 saturated heterocycles. The molecule has 1 N–H and O–H groups in total. The molecule has 30 heavy (non-hydrogen) atoms. The normalized spacial score (nSPS) is 10.6. The van der Waals surface area contributed by atoms with Crippen molar-refractivity contribution >= 4 is 5.97 Å². The number of pyridine rings is 1. The third-order valence-corrected chi connectivity index (χ3v) is 4.69. The Hall–Kier alpha value is -4.06. The zero-order valence-electron chi connectivity index (χ0n) is 16.4. The zero-order valence-corrected chi connectivity index (χ0v) is 16.4. The summed E-state index contributed by atoms with van der Waals surface area (Å²) in [5.41, 5.74) is 3.14. The number of aromatic nitrogens is 2. The quantitative estimate of drug-likeness (QED) is 0.481. The van der Waals surface area contributed by atoms with Crippen molar-refractivity contribution in [3.63, 3.8) is 0 Å². The smallest absolute Gasteiger partial charge is 0.356 e. The van der Waals surface area contributed by atoms with Crippen molar-refractivity contribution in [2.24, 2.45) is 0 Å². The van der Waals surface area contributed by atoms with Crippen LogP contribution in [0.15, 0.2) is 85.2 Å². The number of carboxylic acid groups (broad SMARTS) is 1. The van der Waals surface area contributed by atoms with E-state index < -0.39 is 5.97 Å². The van der Waals surface area contributed by atoms with Gasteiger partial charge in [-0.05, 0) is 42.0 Å². The van der Waals surface area contributed by atoms with E-state index >= 15 is 0 Å². The lowest BCUT2D eigenvalue weighted by molar-refractivity contribution is 0.0683. The number of hydrogen-bond acceptors (Lipinski definition) is 4. The van der Waals surface area contributed by atoms with Crippen LogP contribution in [-0.2, 0) is 6.61 Å². The van der Waals surface area contributed by atoms with Gasteiger partial charge in [-0.1, -0.05) is 30.3 Å². The van der Waals surface area contributed by atoms with E-state index in [9.17, 15) is 9.90 Å². The summed E-state index contributed by atoms with van der Waals surface area (Å²) in [6.45, 7) is 0.264. The van der Waals surface area contributed by atoms with Crippen LogP contribution in [0.3, 0.4) is 0 Å². The van der Waals surface area contributed by atoms with E-state index in [4.69, 9.17) is 9.47 Å². The van der Waals surface area contributed by atoms with E-state index in [1.54, 1.807) is 42.3 Å². The van der Waals surface area contributed by atoms with E-state index in [0.29, 0.717) is 22.9 Å². The molecule has 0 spiro atoms. The standard InChI is InChI=1S/C24H20N2O4/c1-29-20-11-9-19(10-12-20)26-21(18-8-5-13-25-15-18)14-22(23(26)24(27)28)30-16-17-6-3-2-4-7-17/h2-15H,16H2,1H3,(H,27,28). The number of nitrogens with zero attached hydrogens (tertiary/aromatic N) is 2. The number of benzene rings is 2. The molecule has 0 unspecified atom stereocenters. The van der Waals surface area contributed by atoms with Crippen molar-refractivity contribution in [1.29, 1.82) is 0 Å². The Kier molecular flexibility index (Phi) is 5.48. The average Bonchev–Trinajstić information content (AvgIpc) is 3.19. The highest BCUT2D eigenvalue weighted by Gasteiger charge is 2.24. The van der Waals surface area contributed by atoms with E-state index in [2.05, 4.69) is 4.98 Å². The van der Waals surface area contributed by atoms with Gasteiger partial charge in [0.2, 0.25) is 0 Å². The van der Waals surface area contributed by atoms with Crippen molar-refractivity contribution in [3.8, 4) is 28.4 Å². The largest absolute Gasteiger partial charge is 0.497 e. The fourth-order valence-corrected chi connectivity index (χ4v) is 3.26. The molecule has 0 aliphatic heterocycles. The lowest BCUT2D eigenvalue weighted by Crippen LogP contribution is -2.10. The molecule has 0 bridgehead atoms. The predicted octanol–water partition coefficient (Wildman–Crippen LogP) is 4.83. The molecule has 6 nitrogen and oxygen atoms in total. The highest BCUT2D eigenvalue weighted by molar-refractivity contribution is 5.92. The first-order chi connectivity index (χ1) is 14.7. The molecule has 0 aliphatic carbocycles. The summed E-state index contributed by atoms with van der Waals surface area (Å²) < 4.78 is 12.8. The molecule has 0 aliphatic rings. The van der Waals surface area contributed by atoms with Crippen LogP contribution in [0.1, 0.15) is 16.1 Å². The minimum Gasteiger partial charge on any atom is -0.497 e. The van der Waals surface area contributed by atoms with Gasteiger partial charge in [-0.3, -0.25) is 4.98 Å². The van der Waals surface area contributed by atoms with Gasteiger partial charge in [-0.25, -0.2) is 4.79 Å². The molecule has 6 heteroatoms. The second kappa shape index (κ2) is 8.53. The maximum absolute atomic E-state index is 12.3. The van der Waals surface area contributed by atoms with Crippen molar-refractivity contribution in [2.45, 2.75) is 6.61 Å². The second-order valence-corrected chi connectivity index (χ2v) is 6.60. The van der Waals surface area contributed by atoms with Crippen molar-refractivity contribution in [2.75, 3.05) is 7.11 Å². The first kappa shape index (κ1) is 19.3. The molecule has 4 rings (SSSR count). The Balaban J connectivity index is 1.84. The molecule has 2 aromatic carbocycles. The summed E-state index contributed by atoms with van der Waals surface area (Å²) in [5.74, 6) is -0.101. The molecule has 0 atom stereocenters. The monoisotopic (exact) mass is 400 g/mol. The minimum absolute atomic E-state index is 0.0509. The van der Waals surface area contributed by atoms with E-state index in [0.717, 1.165) is 11.1 Å². The van der Waals surface area contributed by atoms with Crippen LogP contribution in [0.25, 0.3) is 16.9 Å². The van der Waals surface area contributed by atoms with Crippen molar-refractivity contribution < 1.29 is 19.4 Å². The molecule has 0 amide bonds. The lowest BCUT2D eigenvalue weighted by Gasteiger charge is -2.13. The zero-order chi connectivity index (χ0) is 20.9. The topological polar surface area (TPSA) is 73.6 Å². The van der Waals surface area contributed by atoms with Crippen molar-refractivity contribution in [3.05, 3.63) is 96.4 Å². The highest BCUT2D eigenvalue weighted by Crippen LogP contribution is 2.35. The molecule has 2 aromatic heterocycles. The van der Waals surface area contributed by atoms with E-state index in [-0.39, 0.29) is 12.3 Å². The Morgan fingerprint density at radius 3 is 2.43 bits per heavy atom. The molecule has 4 aromatic rings. The van der Waals surface area contributed by atoms with Crippen LogP contribution >= 0.6 is 0 Å². The van der Waals surface area contributed by atoms with Crippen LogP contribution in [-0.4, -0.2) is 27.7 Å². The van der Waals surface area contributed by atoms with Crippen LogP contribution in [0.2, 0.25) is 0 Å². The van der Waals surface area contributed by atoms with Gasteiger partial charge >= 0.3 is 5.97 Å². The van der Waals surface area contributed by atoms with Crippen LogP contribution in [0, 0.1) is 0 Å². The van der Waals surface area contributed by atoms with Gasteiger partial charge in [0.1, 0.15) is 12.4 Å². The third kappa shape index (κ3) is 3.89. The summed E-state index contributed by atoms with van der Waals surface area (Å²) in [6.07, 6.45) is 3.37. The summed E-state index contributed by atoms with van der Waals surface area (Å²) in [5, 5.41) is 10.0. The number of hydrogen-bond donors (Lipinski definition) is 1. The molecular weight excluding hydrogens is 380 g/mol. The first-order valence-corrected chi connectivity index (χ1v) is 9.38. The van der Waals surface area contributed by atoms with E-state index in [1.165, 1.54) is 0 Å². The lowest BCUT2D eigenvalue weighted by atomic mass is 10.2. The molecular formula is C24H20N2O4. The van der Waals surface area contributed by atoms with Gasteiger partial charge in [0.05, 0.1) is 12.8 Å². The van der Waals surface area contributed by atoms with Crippen LogP contribution < -0.4 is 9.47 Å². The molecule has 2 heterocycles. The van der Waals surface area contributed by atoms with Gasteiger partial charge < -0.3 is 19.1 Å². The maximum Gasteiger partial charge on any atom is 0.356 e. The second-order valence-electron chi connectivity index (χ2n) is 6.60. The number of rotatable bonds is 7. The number of carbonyl (C=O) groups is 1. The van der Waals surface area contributed by atoms with Gasteiger partial charge in [0, 0.05) is 29.7 Å². The molecule has 150 valence electrons. The number of aromatic carboxylic acids is 1. The number of methoxy groups -OCH3 is 1. The third-order valence-electron chi connectivity index (χ3n) is 4.69. The van der Waals surface area contributed by atoms with Gasteiger partial charge in [-0.2, -0.15) is 0 Å². The van der Waals surface area contributed by atoms with E-state index in [1.807, 2.05) is 54.6 Å². The van der Waals surface area contributed by atoms with Crippen LogP contribution in [0.5, 0.6) is 11.5 Å². The molecule has 0 radical (unpaired) electrons. The first-order valence-electron chi connectivity index (χ1n) is 9.38. The summed E-state index contributed by atoms with van der Waals surface area (Å²) in [6, 6.07) is 22.3. The Morgan fingerprint density at radius 2 is 1.80 bits per heavy atom. The maximum atomic E-state index is 12.3. The Morgan fingerprint density at radius 1 is 1.03 bits per heavy atom. The average molecular weight is 400 g/mol. The summed E-state index contributed by atoms with van der Waals surface area (Å²) >= 11 is 0. The fourth-order valence-electron chi connectivity index (χ4n) is 3.26. The number of ether oxygens (including phenoxy) is 2. The Bertz CT molecular complexity index is 1140. The predicted molar refractivity (Wildman–Crippen MR) is 113 cm³/mol. The molecule has 0 saturated carbocycles. The van der Waals surface area contributed by atoms with Gasteiger partial charge in [0.25, 0.3) is 0 Å². The highest BCUT2D eigenvalue weighted by atomic mass is 16.5. The number of carboxylic acids is 1. The van der Waals surface area contributed by atoms with Gasteiger partial charge in [0.15, 0.2) is 11.4 Å². The van der Waals surface area contributed by atoms with Crippen molar-refractivity contribution in [1.82, 2.24) is 9.55 Å². The fraction of sp³-hybridized carbons (Fsp3) is 0.0833. The minimum atomic E-state index is -1.08. The molecule has 0 fully saturated rings. The van der Waals surface area contributed by atoms with Gasteiger partial charge in [-0.15, -0.1) is 0 Å². The summed E-state index contributed by atoms with van der Waals surface area (Å²) in [7, 11) is 1.59. The Labute approximate surface area is 174 Å². The van der Waals surface area contributed by atoms with Crippen LogP contribution in [0.4, 0.5) is 0 Å². The summed E-state index contributed by atoms with van der Waals surface area (Å²) in [4.78, 5) is 16.4.